The molecule has 0 aliphatic carbocycles. The van der Waals surface area contributed by atoms with E-state index in [1.165, 1.54) is 0 Å². The molecule has 4 N–H and O–H groups in total. The summed E-state index contributed by atoms with van der Waals surface area (Å²) < 4.78 is 0. The van der Waals surface area contributed by atoms with E-state index < -0.39 is 0 Å². The molecule has 2 aromatic rings. The van der Waals surface area contributed by atoms with E-state index in [0.717, 1.165) is 16.9 Å². The van der Waals surface area contributed by atoms with Crippen molar-refractivity contribution in [2.24, 2.45) is 0 Å². The van der Waals surface area contributed by atoms with Crippen LogP contribution in [0.3, 0.4) is 0 Å². The first-order valence-corrected chi connectivity index (χ1v) is 5.11. The van der Waals surface area contributed by atoms with Crippen molar-refractivity contribution in [3.63, 3.8) is 0 Å². The highest BCUT2D eigenvalue weighted by Crippen LogP contribution is 2.15. The molecule has 0 unspecified atom stereocenters. The van der Waals surface area contributed by atoms with E-state index in [1.54, 1.807) is 12.1 Å². The van der Waals surface area contributed by atoms with Gasteiger partial charge in [-0.15, -0.1) is 12.4 Å². The van der Waals surface area contributed by atoms with Crippen LogP contribution in [0.1, 0.15) is 5.56 Å². The minimum absolute atomic E-state index is 0. The van der Waals surface area contributed by atoms with Crippen molar-refractivity contribution in [3.05, 3.63) is 54.1 Å². The van der Waals surface area contributed by atoms with Crippen molar-refractivity contribution in [2.75, 3.05) is 11.1 Å². The average Bonchev–Trinajstić information content (AvgIpc) is 2.27. The summed E-state index contributed by atoms with van der Waals surface area (Å²) in [5.41, 5.74) is 8.41. The average molecular weight is 251 g/mol. The summed E-state index contributed by atoms with van der Waals surface area (Å²) in [6.45, 7) is 0.665. The van der Waals surface area contributed by atoms with Crippen molar-refractivity contribution >= 4 is 23.8 Å². The predicted octanol–water partition coefficient (Wildman–Crippen LogP) is 3.01. The minimum atomic E-state index is 0. The molecule has 0 amide bonds. The Morgan fingerprint density at radius 3 is 2.53 bits per heavy atom. The molecular formula is C13H15ClN2O. The standard InChI is InChI=1S/C13H14N2O.ClH/c14-11-4-2-5-12(8-11)15-9-10-3-1-6-13(16)7-10;/h1-8,15-16H,9,14H2;1H. The summed E-state index contributed by atoms with van der Waals surface area (Å²) in [4.78, 5) is 0. The lowest BCUT2D eigenvalue weighted by Crippen LogP contribution is -1.99. The first-order valence-electron chi connectivity index (χ1n) is 5.11. The van der Waals surface area contributed by atoms with Crippen molar-refractivity contribution in [1.82, 2.24) is 0 Å². The molecule has 0 radical (unpaired) electrons. The van der Waals surface area contributed by atoms with Gasteiger partial charge in [-0.3, -0.25) is 0 Å². The SMILES string of the molecule is Cl.Nc1cccc(NCc2cccc(O)c2)c1. The zero-order valence-corrected chi connectivity index (χ0v) is 10.1. The van der Waals surface area contributed by atoms with Crippen molar-refractivity contribution in [2.45, 2.75) is 6.54 Å². The van der Waals surface area contributed by atoms with Crippen LogP contribution in [0.15, 0.2) is 48.5 Å². The number of rotatable bonds is 3. The van der Waals surface area contributed by atoms with Crippen molar-refractivity contribution in [1.29, 1.82) is 0 Å². The van der Waals surface area contributed by atoms with Crippen LogP contribution in [0.25, 0.3) is 0 Å². The lowest BCUT2D eigenvalue weighted by atomic mass is 10.2. The molecule has 0 bridgehead atoms. The number of halogens is 1. The third-order valence-corrected chi connectivity index (χ3v) is 2.29. The number of phenolic OH excluding ortho intramolecular Hbond substituents is 1. The van der Waals surface area contributed by atoms with Crippen LogP contribution in [-0.4, -0.2) is 5.11 Å². The van der Waals surface area contributed by atoms with Gasteiger partial charge in [0.15, 0.2) is 0 Å². The molecule has 0 atom stereocenters. The van der Waals surface area contributed by atoms with Gasteiger partial charge in [-0.2, -0.15) is 0 Å². The monoisotopic (exact) mass is 250 g/mol. The third kappa shape index (κ3) is 3.89. The lowest BCUT2D eigenvalue weighted by Gasteiger charge is -2.07. The van der Waals surface area contributed by atoms with E-state index in [9.17, 15) is 5.11 Å². The number of aromatic hydroxyl groups is 1. The fourth-order valence-corrected chi connectivity index (χ4v) is 1.52. The van der Waals surface area contributed by atoms with E-state index in [2.05, 4.69) is 5.32 Å². The molecule has 4 heteroatoms. The Hall–Kier alpha value is -1.87. The summed E-state index contributed by atoms with van der Waals surface area (Å²) >= 11 is 0. The number of phenols is 1. The van der Waals surface area contributed by atoms with Crippen LogP contribution in [0.5, 0.6) is 5.75 Å². The maximum absolute atomic E-state index is 9.31. The Kier molecular flexibility index (Phi) is 4.67. The molecule has 0 heterocycles. The van der Waals surface area contributed by atoms with Gasteiger partial charge < -0.3 is 16.2 Å². The number of hydrogen-bond donors (Lipinski definition) is 3. The first kappa shape index (κ1) is 13.2. The van der Waals surface area contributed by atoms with Gasteiger partial charge in [0.2, 0.25) is 0 Å². The molecular weight excluding hydrogens is 236 g/mol. The van der Waals surface area contributed by atoms with E-state index in [0.29, 0.717) is 6.54 Å². The minimum Gasteiger partial charge on any atom is -0.508 e. The fraction of sp³-hybridized carbons (Fsp3) is 0.0769. The molecule has 0 spiro atoms. The van der Waals surface area contributed by atoms with E-state index in [1.807, 2.05) is 36.4 Å². The summed E-state index contributed by atoms with van der Waals surface area (Å²) in [5, 5.41) is 12.5. The second-order valence-corrected chi connectivity index (χ2v) is 3.65. The van der Waals surface area contributed by atoms with Gasteiger partial charge in [-0.25, -0.2) is 0 Å². The number of hydrogen-bond acceptors (Lipinski definition) is 3. The van der Waals surface area contributed by atoms with Crippen molar-refractivity contribution < 1.29 is 5.11 Å². The van der Waals surface area contributed by atoms with E-state index >= 15 is 0 Å². The maximum Gasteiger partial charge on any atom is 0.115 e. The zero-order valence-electron chi connectivity index (χ0n) is 9.26. The van der Waals surface area contributed by atoms with Crippen molar-refractivity contribution in [3.8, 4) is 5.75 Å². The Morgan fingerprint density at radius 2 is 1.82 bits per heavy atom. The Morgan fingerprint density at radius 1 is 1.06 bits per heavy atom. The first-order chi connectivity index (χ1) is 7.74. The van der Waals surface area contributed by atoms with E-state index in [-0.39, 0.29) is 18.2 Å². The summed E-state index contributed by atoms with van der Waals surface area (Å²) in [6, 6.07) is 14.8. The summed E-state index contributed by atoms with van der Waals surface area (Å²) in [5.74, 6) is 0.284. The topological polar surface area (TPSA) is 58.3 Å². The molecule has 0 fully saturated rings. The second-order valence-electron chi connectivity index (χ2n) is 3.65. The van der Waals surface area contributed by atoms with Gasteiger partial charge in [0.1, 0.15) is 5.75 Å². The second kappa shape index (κ2) is 6.01. The molecule has 0 saturated carbocycles. The highest BCUT2D eigenvalue weighted by molar-refractivity contribution is 5.85. The van der Waals surface area contributed by atoms with Gasteiger partial charge >= 0.3 is 0 Å². The molecule has 0 aliphatic heterocycles. The Bertz CT molecular complexity index is 443. The van der Waals surface area contributed by atoms with E-state index in [4.69, 9.17) is 5.73 Å². The molecule has 0 saturated heterocycles. The highest BCUT2D eigenvalue weighted by atomic mass is 35.5. The summed E-state index contributed by atoms with van der Waals surface area (Å²) in [7, 11) is 0. The fourth-order valence-electron chi connectivity index (χ4n) is 1.52. The molecule has 0 aliphatic rings. The third-order valence-electron chi connectivity index (χ3n) is 2.29. The van der Waals surface area contributed by atoms with Gasteiger partial charge in [-0.05, 0) is 35.9 Å². The largest absolute Gasteiger partial charge is 0.508 e. The van der Waals surface area contributed by atoms with Gasteiger partial charge in [0.05, 0.1) is 0 Å². The van der Waals surface area contributed by atoms with Gasteiger partial charge in [0.25, 0.3) is 0 Å². The smallest absolute Gasteiger partial charge is 0.115 e. The Labute approximate surface area is 107 Å². The number of nitrogens with one attached hydrogen (secondary N) is 1. The van der Waals surface area contributed by atoms with Crippen LogP contribution >= 0.6 is 12.4 Å². The molecule has 3 nitrogen and oxygen atoms in total. The highest BCUT2D eigenvalue weighted by Gasteiger charge is 1.95. The van der Waals surface area contributed by atoms with Crippen LogP contribution in [0.4, 0.5) is 11.4 Å². The number of benzene rings is 2. The lowest BCUT2D eigenvalue weighted by molar-refractivity contribution is 0.474. The van der Waals surface area contributed by atoms with Crippen LogP contribution in [-0.2, 0) is 6.54 Å². The predicted molar refractivity (Wildman–Crippen MR) is 73.5 cm³/mol. The molecule has 90 valence electrons. The quantitative estimate of drug-likeness (QED) is 0.734. The Balaban J connectivity index is 0.00000144. The molecule has 0 aromatic heterocycles. The number of nitrogens with two attached hydrogens (primary N) is 1. The normalized spacial score (nSPS) is 9.41. The van der Waals surface area contributed by atoms with Gasteiger partial charge in [-0.1, -0.05) is 18.2 Å². The molecule has 2 aromatic carbocycles. The van der Waals surface area contributed by atoms with Crippen LogP contribution in [0.2, 0.25) is 0 Å². The molecule has 2 rings (SSSR count). The molecule has 17 heavy (non-hydrogen) atoms. The maximum atomic E-state index is 9.31. The van der Waals surface area contributed by atoms with Crippen LogP contribution < -0.4 is 11.1 Å². The summed E-state index contributed by atoms with van der Waals surface area (Å²) in [6.07, 6.45) is 0. The van der Waals surface area contributed by atoms with Gasteiger partial charge in [0, 0.05) is 17.9 Å². The number of anilines is 2. The van der Waals surface area contributed by atoms with Crippen LogP contribution in [0, 0.1) is 0 Å². The zero-order chi connectivity index (χ0) is 11.4. The number of nitrogen functional groups attached to an aromatic ring is 1.